The molecule has 1 unspecified atom stereocenters. The molecule has 0 spiro atoms. The third-order valence-electron chi connectivity index (χ3n) is 3.99. The predicted molar refractivity (Wildman–Crippen MR) is 88.2 cm³/mol. The maximum atomic E-state index is 3.52. The van der Waals surface area contributed by atoms with E-state index in [0.717, 1.165) is 25.6 Å². The van der Waals surface area contributed by atoms with Crippen LogP contribution in [0.2, 0.25) is 0 Å². The molecular weight excluding hydrogens is 266 g/mol. The standard InChI is InChI=1S/C16H29N3S/c1-13(2)9-17-10-15-5-6-16(20-15)12-19-8-7-18(4)14(3)11-19/h5-6,13-14,17H,7-12H2,1-4H3. The molecule has 0 amide bonds. The fourth-order valence-electron chi connectivity index (χ4n) is 2.57. The Bertz CT molecular complexity index is 402. The summed E-state index contributed by atoms with van der Waals surface area (Å²) in [5, 5.41) is 3.52. The second-order valence-corrected chi connectivity index (χ2v) is 7.71. The Labute approximate surface area is 128 Å². The first-order chi connectivity index (χ1) is 9.54. The van der Waals surface area contributed by atoms with Crippen molar-refractivity contribution in [2.75, 3.05) is 33.2 Å². The highest BCUT2D eigenvalue weighted by Crippen LogP contribution is 2.20. The first kappa shape index (κ1) is 16.0. The van der Waals surface area contributed by atoms with Crippen molar-refractivity contribution in [3.8, 4) is 0 Å². The van der Waals surface area contributed by atoms with E-state index in [-0.39, 0.29) is 0 Å². The molecule has 0 aromatic carbocycles. The van der Waals surface area contributed by atoms with Crippen molar-refractivity contribution in [1.29, 1.82) is 0 Å². The Balaban J connectivity index is 1.78. The van der Waals surface area contributed by atoms with Gasteiger partial charge in [-0.25, -0.2) is 0 Å². The van der Waals surface area contributed by atoms with Crippen LogP contribution in [0.25, 0.3) is 0 Å². The second kappa shape index (κ2) is 7.55. The SMILES string of the molecule is CC(C)CNCc1ccc(CN2CCN(C)C(C)C2)s1. The van der Waals surface area contributed by atoms with Gasteiger partial charge in [0.1, 0.15) is 0 Å². The average Bonchev–Trinajstić information content (AvgIpc) is 2.81. The third kappa shape index (κ3) is 4.85. The first-order valence-electron chi connectivity index (χ1n) is 7.75. The van der Waals surface area contributed by atoms with Crippen molar-refractivity contribution < 1.29 is 0 Å². The maximum absolute atomic E-state index is 3.52. The zero-order chi connectivity index (χ0) is 14.5. The van der Waals surface area contributed by atoms with Crippen LogP contribution in [-0.4, -0.2) is 49.1 Å². The summed E-state index contributed by atoms with van der Waals surface area (Å²) in [6, 6.07) is 5.27. The van der Waals surface area contributed by atoms with Crippen LogP contribution in [-0.2, 0) is 13.1 Å². The summed E-state index contributed by atoms with van der Waals surface area (Å²) >= 11 is 1.96. The molecule has 114 valence electrons. The van der Waals surface area contributed by atoms with Crippen molar-refractivity contribution in [3.05, 3.63) is 21.9 Å². The quantitative estimate of drug-likeness (QED) is 0.870. The predicted octanol–water partition coefficient (Wildman–Crippen LogP) is 2.63. The largest absolute Gasteiger partial charge is 0.312 e. The first-order valence-corrected chi connectivity index (χ1v) is 8.57. The molecule has 1 aliphatic rings. The fourth-order valence-corrected chi connectivity index (χ4v) is 3.60. The topological polar surface area (TPSA) is 18.5 Å². The minimum absolute atomic E-state index is 0.677. The number of thiophene rings is 1. The van der Waals surface area contributed by atoms with Crippen LogP contribution in [0, 0.1) is 5.92 Å². The van der Waals surface area contributed by atoms with Crippen molar-refractivity contribution in [3.63, 3.8) is 0 Å². The Kier molecular flexibility index (Phi) is 6.02. The summed E-state index contributed by atoms with van der Waals surface area (Å²) in [5.74, 6) is 0.723. The number of hydrogen-bond acceptors (Lipinski definition) is 4. The van der Waals surface area contributed by atoms with Crippen LogP contribution >= 0.6 is 11.3 Å². The minimum atomic E-state index is 0.677. The van der Waals surface area contributed by atoms with E-state index >= 15 is 0 Å². The second-order valence-electron chi connectivity index (χ2n) is 6.46. The van der Waals surface area contributed by atoms with Crippen molar-refractivity contribution in [2.45, 2.75) is 39.9 Å². The summed E-state index contributed by atoms with van der Waals surface area (Å²) in [6.07, 6.45) is 0. The Morgan fingerprint density at radius 3 is 2.75 bits per heavy atom. The van der Waals surface area contributed by atoms with E-state index in [9.17, 15) is 0 Å². The summed E-state index contributed by atoms with van der Waals surface area (Å²) in [4.78, 5) is 8.00. The van der Waals surface area contributed by atoms with E-state index in [2.05, 4.69) is 55.1 Å². The molecule has 0 aliphatic carbocycles. The van der Waals surface area contributed by atoms with Crippen LogP contribution in [0.1, 0.15) is 30.5 Å². The van der Waals surface area contributed by atoms with Crippen LogP contribution < -0.4 is 5.32 Å². The van der Waals surface area contributed by atoms with Gasteiger partial charge in [-0.3, -0.25) is 4.90 Å². The monoisotopic (exact) mass is 295 g/mol. The molecule has 0 bridgehead atoms. The van der Waals surface area contributed by atoms with Gasteiger partial charge in [-0.05, 0) is 38.6 Å². The van der Waals surface area contributed by atoms with Crippen LogP contribution in [0.5, 0.6) is 0 Å². The van der Waals surface area contributed by atoms with Gasteiger partial charge in [-0.1, -0.05) is 13.8 Å². The number of likely N-dealkylation sites (N-methyl/N-ethyl adjacent to an activating group) is 1. The van der Waals surface area contributed by atoms with E-state index in [0.29, 0.717) is 6.04 Å². The lowest BCUT2D eigenvalue weighted by atomic mass is 10.2. The lowest BCUT2D eigenvalue weighted by molar-refractivity contribution is 0.101. The summed E-state index contributed by atoms with van der Waals surface area (Å²) in [7, 11) is 2.23. The van der Waals surface area contributed by atoms with Gasteiger partial charge >= 0.3 is 0 Å². The maximum Gasteiger partial charge on any atom is 0.0329 e. The summed E-state index contributed by atoms with van der Waals surface area (Å²) in [6.45, 7) is 13.6. The molecule has 0 radical (unpaired) electrons. The van der Waals surface area contributed by atoms with Crippen LogP contribution in [0.15, 0.2) is 12.1 Å². The fraction of sp³-hybridized carbons (Fsp3) is 0.750. The molecule has 4 heteroatoms. The van der Waals surface area contributed by atoms with Crippen molar-refractivity contribution in [1.82, 2.24) is 15.1 Å². The lowest BCUT2D eigenvalue weighted by Crippen LogP contribution is -2.49. The molecule has 0 saturated carbocycles. The number of nitrogens with one attached hydrogen (secondary N) is 1. The Morgan fingerprint density at radius 2 is 2.05 bits per heavy atom. The Hall–Kier alpha value is -0.420. The molecule has 1 aliphatic heterocycles. The minimum Gasteiger partial charge on any atom is -0.312 e. The van der Waals surface area contributed by atoms with Gasteiger partial charge in [0.05, 0.1) is 0 Å². The van der Waals surface area contributed by atoms with Gasteiger partial charge in [0.25, 0.3) is 0 Å². The smallest absolute Gasteiger partial charge is 0.0329 e. The molecule has 1 fully saturated rings. The zero-order valence-electron chi connectivity index (χ0n) is 13.4. The molecule has 1 aromatic heterocycles. The average molecular weight is 295 g/mol. The van der Waals surface area contributed by atoms with Gasteiger partial charge in [0.15, 0.2) is 0 Å². The molecular formula is C16H29N3S. The summed E-state index contributed by atoms with van der Waals surface area (Å²) < 4.78 is 0. The van der Waals surface area contributed by atoms with Crippen molar-refractivity contribution in [2.24, 2.45) is 5.92 Å². The van der Waals surface area contributed by atoms with Gasteiger partial charge in [-0.15, -0.1) is 11.3 Å². The lowest BCUT2D eigenvalue weighted by Gasteiger charge is -2.37. The third-order valence-corrected chi connectivity index (χ3v) is 5.06. The highest BCUT2D eigenvalue weighted by atomic mass is 32.1. The van der Waals surface area contributed by atoms with E-state index in [1.165, 1.54) is 29.4 Å². The van der Waals surface area contributed by atoms with Crippen LogP contribution in [0.4, 0.5) is 0 Å². The number of piperazine rings is 1. The molecule has 3 nitrogen and oxygen atoms in total. The number of nitrogens with zero attached hydrogens (tertiary/aromatic N) is 2. The van der Waals surface area contributed by atoms with Gasteiger partial charge < -0.3 is 10.2 Å². The Morgan fingerprint density at radius 1 is 1.30 bits per heavy atom. The highest BCUT2D eigenvalue weighted by Gasteiger charge is 2.20. The molecule has 1 saturated heterocycles. The zero-order valence-corrected chi connectivity index (χ0v) is 14.2. The number of hydrogen-bond donors (Lipinski definition) is 1. The normalized spacial score (nSPS) is 21.8. The molecule has 1 atom stereocenters. The van der Waals surface area contributed by atoms with Crippen molar-refractivity contribution >= 4 is 11.3 Å². The van der Waals surface area contributed by atoms with Gasteiger partial charge in [0.2, 0.25) is 0 Å². The van der Waals surface area contributed by atoms with E-state index in [4.69, 9.17) is 0 Å². The van der Waals surface area contributed by atoms with E-state index in [1.807, 2.05) is 11.3 Å². The van der Waals surface area contributed by atoms with E-state index < -0.39 is 0 Å². The number of rotatable bonds is 6. The summed E-state index contributed by atoms with van der Waals surface area (Å²) in [5.41, 5.74) is 0. The molecule has 2 heterocycles. The molecule has 2 rings (SSSR count). The highest BCUT2D eigenvalue weighted by molar-refractivity contribution is 7.11. The van der Waals surface area contributed by atoms with Gasteiger partial charge in [0, 0.05) is 48.5 Å². The van der Waals surface area contributed by atoms with Gasteiger partial charge in [-0.2, -0.15) is 0 Å². The molecule has 1 N–H and O–H groups in total. The van der Waals surface area contributed by atoms with E-state index in [1.54, 1.807) is 0 Å². The van der Waals surface area contributed by atoms with Crippen LogP contribution in [0.3, 0.4) is 0 Å². The molecule has 1 aromatic rings. The molecule has 20 heavy (non-hydrogen) atoms.